The van der Waals surface area contributed by atoms with Crippen molar-refractivity contribution in [2.45, 2.75) is 45.9 Å². The molecule has 1 amide bonds. The molecule has 3 N–H and O–H groups in total. The number of ether oxygens (including phenoxy) is 1. The third-order valence-electron chi connectivity index (χ3n) is 6.25. The summed E-state index contributed by atoms with van der Waals surface area (Å²) in [6.07, 6.45) is -1.87. The van der Waals surface area contributed by atoms with Gasteiger partial charge in [-0.3, -0.25) is 9.78 Å². The molecule has 4 aromatic rings. The lowest BCUT2D eigenvalue weighted by molar-refractivity contribution is -0.137. The van der Waals surface area contributed by atoms with E-state index in [1.54, 1.807) is 18.2 Å². The number of alkyl halides is 3. The van der Waals surface area contributed by atoms with Crippen LogP contribution in [0.5, 0.6) is 5.75 Å². The van der Waals surface area contributed by atoms with Gasteiger partial charge < -0.3 is 20.7 Å². The molecule has 1 aliphatic rings. The predicted octanol–water partition coefficient (Wildman–Crippen LogP) is 6.89. The van der Waals surface area contributed by atoms with Crippen molar-refractivity contribution >= 4 is 45.1 Å². The number of carbonyl (C=O) groups is 1. The summed E-state index contributed by atoms with van der Waals surface area (Å²) in [6.45, 7) is 6.99. The first-order valence-corrected chi connectivity index (χ1v) is 14.3. The molecule has 13 heteroatoms. The Morgan fingerprint density at radius 1 is 1.18 bits per heavy atom. The average Bonchev–Trinajstić information content (AvgIpc) is 3.65. The van der Waals surface area contributed by atoms with Gasteiger partial charge in [0.1, 0.15) is 16.5 Å². The summed E-state index contributed by atoms with van der Waals surface area (Å²) < 4.78 is 46.3. The molecule has 1 aromatic carbocycles. The second kappa shape index (κ2) is 11.0. The topological polar surface area (TPSA) is 106 Å². The highest BCUT2D eigenvalue weighted by atomic mass is 32.1. The van der Waals surface area contributed by atoms with Gasteiger partial charge in [0.05, 0.1) is 39.3 Å². The number of halogens is 3. The second-order valence-corrected chi connectivity index (χ2v) is 11.5. The Bertz CT molecular complexity index is 1540. The SMILES string of the molecule is Cc1nc(-c2ncc(C(F)(F)F)cc2N2CCCC2)sc1-c1csc(Nc2cc(C(N)=O)ccc2OC(C)C)n1. The van der Waals surface area contributed by atoms with Gasteiger partial charge in [-0.15, -0.1) is 22.7 Å². The van der Waals surface area contributed by atoms with Gasteiger partial charge in [-0.1, -0.05) is 0 Å². The molecule has 210 valence electrons. The van der Waals surface area contributed by atoms with Crippen LogP contribution in [0.2, 0.25) is 0 Å². The Morgan fingerprint density at radius 3 is 2.60 bits per heavy atom. The smallest absolute Gasteiger partial charge is 0.417 e. The number of thiazole rings is 2. The van der Waals surface area contributed by atoms with E-state index in [9.17, 15) is 18.0 Å². The number of hydrogen-bond acceptors (Lipinski definition) is 9. The summed E-state index contributed by atoms with van der Waals surface area (Å²) in [7, 11) is 0. The number of aromatic nitrogens is 3. The molecule has 8 nitrogen and oxygen atoms in total. The standard InChI is InChI=1S/C27H27F3N6O2S2/c1-14(2)38-21-7-6-16(24(31)37)10-18(21)34-26-35-19(13-39-26)23-15(3)33-25(40-23)22-20(36-8-4-5-9-36)11-17(12-32-22)27(28,29)30/h6-7,10-14H,4-5,8-9H2,1-3H3,(H2,31,37)(H,34,35). The first kappa shape index (κ1) is 27.8. The van der Waals surface area contributed by atoms with Gasteiger partial charge in [0.2, 0.25) is 5.91 Å². The first-order valence-electron chi connectivity index (χ1n) is 12.6. The molecule has 1 fully saturated rings. The van der Waals surface area contributed by atoms with Crippen molar-refractivity contribution in [2.75, 3.05) is 23.3 Å². The zero-order valence-electron chi connectivity index (χ0n) is 22.0. The molecule has 0 unspecified atom stereocenters. The highest BCUT2D eigenvalue weighted by molar-refractivity contribution is 7.19. The molecular weight excluding hydrogens is 561 g/mol. The fourth-order valence-corrected chi connectivity index (χ4v) is 6.22. The molecule has 0 atom stereocenters. The van der Waals surface area contributed by atoms with Crippen LogP contribution in [0.25, 0.3) is 21.3 Å². The summed E-state index contributed by atoms with van der Waals surface area (Å²) in [6, 6.07) is 6.08. The molecule has 0 radical (unpaired) electrons. The lowest BCUT2D eigenvalue weighted by Crippen LogP contribution is -2.20. The van der Waals surface area contributed by atoms with Crippen LogP contribution in [0.3, 0.4) is 0 Å². The summed E-state index contributed by atoms with van der Waals surface area (Å²) in [5.41, 5.74) is 7.82. The lowest BCUT2D eigenvalue weighted by atomic mass is 10.1. The third-order valence-corrected chi connectivity index (χ3v) is 8.19. The fourth-order valence-electron chi connectivity index (χ4n) is 4.40. The monoisotopic (exact) mass is 588 g/mol. The number of nitrogens with zero attached hydrogens (tertiary/aromatic N) is 4. The quantitative estimate of drug-likeness (QED) is 0.231. The fraction of sp³-hybridized carbons (Fsp3) is 0.333. The Hall–Kier alpha value is -3.71. The van der Waals surface area contributed by atoms with E-state index in [1.165, 1.54) is 28.7 Å². The number of amides is 1. The zero-order valence-corrected chi connectivity index (χ0v) is 23.6. The summed E-state index contributed by atoms with van der Waals surface area (Å²) >= 11 is 2.70. The van der Waals surface area contributed by atoms with Crippen LogP contribution < -0.4 is 20.7 Å². The molecule has 0 saturated carbocycles. The van der Waals surface area contributed by atoms with Crippen LogP contribution in [0, 0.1) is 6.92 Å². The summed E-state index contributed by atoms with van der Waals surface area (Å²) in [5, 5.41) is 6.19. The van der Waals surface area contributed by atoms with E-state index in [0.29, 0.717) is 63.0 Å². The number of aryl methyl sites for hydroxylation is 1. The number of anilines is 3. The van der Waals surface area contributed by atoms with Crippen LogP contribution in [0.1, 0.15) is 48.3 Å². The highest BCUT2D eigenvalue weighted by Gasteiger charge is 2.33. The third kappa shape index (κ3) is 5.89. The van der Waals surface area contributed by atoms with Crippen molar-refractivity contribution < 1.29 is 22.7 Å². The van der Waals surface area contributed by atoms with E-state index in [2.05, 4.69) is 15.3 Å². The molecular formula is C27H27F3N6O2S2. The van der Waals surface area contributed by atoms with E-state index in [0.717, 1.165) is 23.9 Å². The maximum atomic E-state index is 13.5. The molecule has 40 heavy (non-hydrogen) atoms. The second-order valence-electron chi connectivity index (χ2n) is 9.62. The minimum Gasteiger partial charge on any atom is -0.489 e. The molecule has 4 heterocycles. The minimum atomic E-state index is -4.48. The molecule has 5 rings (SSSR count). The van der Waals surface area contributed by atoms with Crippen molar-refractivity contribution in [1.29, 1.82) is 0 Å². The largest absolute Gasteiger partial charge is 0.489 e. The number of benzene rings is 1. The molecule has 0 aliphatic carbocycles. The van der Waals surface area contributed by atoms with Crippen molar-refractivity contribution in [3.05, 3.63) is 52.7 Å². The highest BCUT2D eigenvalue weighted by Crippen LogP contribution is 2.42. The number of pyridine rings is 1. The van der Waals surface area contributed by atoms with Gasteiger partial charge in [-0.25, -0.2) is 9.97 Å². The number of hydrogen-bond donors (Lipinski definition) is 2. The van der Waals surface area contributed by atoms with Crippen LogP contribution in [0.4, 0.5) is 29.7 Å². The average molecular weight is 589 g/mol. The van der Waals surface area contributed by atoms with Gasteiger partial charge in [0.15, 0.2) is 5.13 Å². The van der Waals surface area contributed by atoms with Crippen LogP contribution >= 0.6 is 22.7 Å². The summed E-state index contributed by atoms with van der Waals surface area (Å²) in [4.78, 5) is 28.1. The van der Waals surface area contributed by atoms with E-state index < -0.39 is 17.6 Å². The minimum absolute atomic E-state index is 0.0886. The van der Waals surface area contributed by atoms with E-state index in [1.807, 2.05) is 31.1 Å². The van der Waals surface area contributed by atoms with Crippen LogP contribution in [-0.2, 0) is 6.18 Å². The van der Waals surface area contributed by atoms with Gasteiger partial charge in [0.25, 0.3) is 0 Å². The first-order chi connectivity index (χ1) is 19.0. The zero-order chi connectivity index (χ0) is 28.6. The van der Waals surface area contributed by atoms with Crippen LogP contribution in [-0.4, -0.2) is 40.1 Å². The molecule has 3 aromatic heterocycles. The predicted molar refractivity (Wildman–Crippen MR) is 152 cm³/mol. The van der Waals surface area contributed by atoms with Gasteiger partial charge in [0, 0.05) is 30.2 Å². The van der Waals surface area contributed by atoms with Crippen molar-refractivity contribution in [3.63, 3.8) is 0 Å². The van der Waals surface area contributed by atoms with Gasteiger partial charge in [-0.05, 0) is 57.9 Å². The Labute approximate surface area is 237 Å². The number of nitrogens with two attached hydrogens (primary N) is 1. The van der Waals surface area contributed by atoms with E-state index in [-0.39, 0.29) is 6.10 Å². The van der Waals surface area contributed by atoms with Crippen molar-refractivity contribution in [2.24, 2.45) is 5.73 Å². The maximum absolute atomic E-state index is 13.5. The Kier molecular flexibility index (Phi) is 7.69. The lowest BCUT2D eigenvalue weighted by Gasteiger charge is -2.21. The normalized spacial score (nSPS) is 13.7. The maximum Gasteiger partial charge on any atom is 0.417 e. The molecule has 0 spiro atoms. The van der Waals surface area contributed by atoms with E-state index in [4.69, 9.17) is 15.5 Å². The van der Waals surface area contributed by atoms with Crippen molar-refractivity contribution in [3.8, 4) is 27.0 Å². The van der Waals surface area contributed by atoms with Crippen LogP contribution in [0.15, 0.2) is 35.8 Å². The number of nitrogens with one attached hydrogen (secondary N) is 1. The summed E-state index contributed by atoms with van der Waals surface area (Å²) in [5.74, 6) is -0.00667. The number of primary amides is 1. The van der Waals surface area contributed by atoms with Gasteiger partial charge >= 0.3 is 6.18 Å². The molecule has 1 aliphatic heterocycles. The van der Waals surface area contributed by atoms with E-state index >= 15 is 0 Å². The van der Waals surface area contributed by atoms with Gasteiger partial charge in [-0.2, -0.15) is 13.2 Å². The number of carbonyl (C=O) groups excluding carboxylic acids is 1. The number of rotatable bonds is 8. The Morgan fingerprint density at radius 2 is 1.93 bits per heavy atom. The Balaban J connectivity index is 1.46. The molecule has 0 bridgehead atoms. The molecule has 1 saturated heterocycles. The van der Waals surface area contributed by atoms with Crippen molar-refractivity contribution in [1.82, 2.24) is 15.0 Å².